The van der Waals surface area contributed by atoms with Gasteiger partial charge in [-0.1, -0.05) is 28.6 Å². The van der Waals surface area contributed by atoms with Crippen LogP contribution in [0.15, 0.2) is 52.2 Å². The molecule has 0 bridgehead atoms. The monoisotopic (exact) mass is 374 g/mol. The van der Waals surface area contributed by atoms with Crippen molar-refractivity contribution in [2.24, 2.45) is 4.99 Å². The predicted octanol–water partition coefficient (Wildman–Crippen LogP) is 4.02. The summed E-state index contributed by atoms with van der Waals surface area (Å²) in [6.07, 6.45) is 5.39. The van der Waals surface area contributed by atoms with Gasteiger partial charge in [-0.15, -0.1) is 0 Å². The molecule has 1 aromatic heterocycles. The number of aliphatic imine (C=N–C) groups is 1. The van der Waals surface area contributed by atoms with E-state index in [9.17, 15) is 0 Å². The topological polar surface area (TPSA) is 59.4 Å². The van der Waals surface area contributed by atoms with Crippen molar-refractivity contribution in [2.45, 2.75) is 6.92 Å². The van der Waals surface area contributed by atoms with E-state index in [1.807, 2.05) is 31.2 Å². The highest BCUT2D eigenvalue weighted by atomic mass is 79.9. The van der Waals surface area contributed by atoms with E-state index in [2.05, 4.69) is 42.8 Å². The fraction of sp³-hybridized carbons (Fsp3) is 0.235. The molecular formula is C17H19BrN4O. The first kappa shape index (κ1) is 17.1. The molecular weight excluding hydrogens is 356 g/mol. The lowest BCUT2D eigenvalue weighted by Gasteiger charge is -2.11. The molecule has 1 heterocycles. The standard InChI is InChI=1S/C17H19BrN4O/c1-11(5-6-12(2)19-3)9-20-17-14-7-13(18)8-15(23-4)16(14)21-10-22-17/h5-8,10H,1,9H2,2-4H3,(H,20,21,22)/b6-5-,19-12?. The number of fused-ring (bicyclic) bond motifs is 1. The van der Waals surface area contributed by atoms with Crippen LogP contribution in [-0.4, -0.2) is 36.4 Å². The number of hydrogen-bond donors (Lipinski definition) is 1. The molecule has 5 nitrogen and oxygen atoms in total. The molecule has 0 unspecified atom stereocenters. The van der Waals surface area contributed by atoms with Crippen LogP contribution in [0.5, 0.6) is 5.75 Å². The molecule has 0 saturated carbocycles. The Morgan fingerprint density at radius 1 is 1.39 bits per heavy atom. The minimum absolute atomic E-state index is 0.578. The molecule has 120 valence electrons. The first-order chi connectivity index (χ1) is 11.0. The molecule has 2 aromatic rings. The maximum atomic E-state index is 5.38. The van der Waals surface area contributed by atoms with Crippen LogP contribution in [0.4, 0.5) is 5.82 Å². The number of rotatable bonds is 6. The van der Waals surface area contributed by atoms with E-state index in [0.717, 1.165) is 32.5 Å². The smallest absolute Gasteiger partial charge is 0.146 e. The van der Waals surface area contributed by atoms with Crippen molar-refractivity contribution in [1.29, 1.82) is 0 Å². The second-order valence-electron chi connectivity index (χ2n) is 4.94. The fourth-order valence-corrected chi connectivity index (χ4v) is 2.40. The third-order valence-electron chi connectivity index (χ3n) is 3.28. The molecule has 0 aliphatic rings. The molecule has 2 rings (SSSR count). The average Bonchev–Trinajstić information content (AvgIpc) is 2.56. The van der Waals surface area contributed by atoms with E-state index in [0.29, 0.717) is 12.3 Å². The number of ether oxygens (including phenoxy) is 1. The minimum Gasteiger partial charge on any atom is -0.494 e. The van der Waals surface area contributed by atoms with E-state index in [1.54, 1.807) is 14.2 Å². The van der Waals surface area contributed by atoms with Crippen molar-refractivity contribution < 1.29 is 4.74 Å². The van der Waals surface area contributed by atoms with Gasteiger partial charge < -0.3 is 10.1 Å². The summed E-state index contributed by atoms with van der Waals surface area (Å²) < 4.78 is 6.29. The molecule has 0 aliphatic carbocycles. The zero-order valence-electron chi connectivity index (χ0n) is 13.4. The summed E-state index contributed by atoms with van der Waals surface area (Å²) in [6.45, 7) is 6.55. The van der Waals surface area contributed by atoms with E-state index in [1.165, 1.54) is 6.33 Å². The van der Waals surface area contributed by atoms with Gasteiger partial charge in [0.05, 0.1) is 7.11 Å². The number of anilines is 1. The lowest BCUT2D eigenvalue weighted by Crippen LogP contribution is -2.06. The Morgan fingerprint density at radius 3 is 2.87 bits per heavy atom. The number of allylic oxidation sites excluding steroid dienone is 1. The van der Waals surface area contributed by atoms with Gasteiger partial charge in [0.1, 0.15) is 23.4 Å². The summed E-state index contributed by atoms with van der Waals surface area (Å²) in [5, 5.41) is 4.18. The van der Waals surface area contributed by atoms with Crippen molar-refractivity contribution in [1.82, 2.24) is 9.97 Å². The highest BCUT2D eigenvalue weighted by Gasteiger charge is 2.09. The van der Waals surface area contributed by atoms with Gasteiger partial charge in [0.25, 0.3) is 0 Å². The first-order valence-corrected chi connectivity index (χ1v) is 7.85. The second kappa shape index (κ2) is 7.87. The van der Waals surface area contributed by atoms with Crippen molar-refractivity contribution in [3.8, 4) is 5.75 Å². The number of aromatic nitrogens is 2. The third-order valence-corrected chi connectivity index (χ3v) is 3.74. The number of nitrogens with one attached hydrogen (secondary N) is 1. The summed E-state index contributed by atoms with van der Waals surface area (Å²) in [5.74, 6) is 1.44. The van der Waals surface area contributed by atoms with Crippen LogP contribution in [0.1, 0.15) is 6.92 Å². The molecule has 0 fully saturated rings. The van der Waals surface area contributed by atoms with Gasteiger partial charge in [0.2, 0.25) is 0 Å². The van der Waals surface area contributed by atoms with E-state index in [-0.39, 0.29) is 0 Å². The average molecular weight is 375 g/mol. The molecule has 0 spiro atoms. The lowest BCUT2D eigenvalue weighted by molar-refractivity contribution is 0.418. The molecule has 23 heavy (non-hydrogen) atoms. The summed E-state index contributed by atoms with van der Waals surface area (Å²) in [4.78, 5) is 12.7. The predicted molar refractivity (Wildman–Crippen MR) is 99.6 cm³/mol. The molecule has 0 atom stereocenters. The zero-order valence-corrected chi connectivity index (χ0v) is 15.0. The van der Waals surface area contributed by atoms with Crippen molar-refractivity contribution >= 4 is 38.4 Å². The van der Waals surface area contributed by atoms with E-state index >= 15 is 0 Å². The van der Waals surface area contributed by atoms with Crippen LogP contribution < -0.4 is 10.1 Å². The highest BCUT2D eigenvalue weighted by Crippen LogP contribution is 2.31. The van der Waals surface area contributed by atoms with Gasteiger partial charge in [-0.05, 0) is 30.7 Å². The molecule has 6 heteroatoms. The second-order valence-corrected chi connectivity index (χ2v) is 5.85. The van der Waals surface area contributed by atoms with Crippen LogP contribution in [0.2, 0.25) is 0 Å². The number of nitrogens with zero attached hydrogens (tertiary/aromatic N) is 3. The largest absolute Gasteiger partial charge is 0.494 e. The van der Waals surface area contributed by atoms with Crippen molar-refractivity contribution in [2.75, 3.05) is 26.0 Å². The normalized spacial score (nSPS) is 11.9. The van der Waals surface area contributed by atoms with Crippen molar-refractivity contribution in [3.63, 3.8) is 0 Å². The summed E-state index contributed by atoms with van der Waals surface area (Å²) in [7, 11) is 3.39. The number of halogens is 1. The Morgan fingerprint density at radius 2 is 2.17 bits per heavy atom. The van der Waals surface area contributed by atoms with Gasteiger partial charge in [-0.3, -0.25) is 4.99 Å². The van der Waals surface area contributed by atoms with Crippen molar-refractivity contribution in [3.05, 3.63) is 47.2 Å². The van der Waals surface area contributed by atoms with Gasteiger partial charge in [-0.25, -0.2) is 9.97 Å². The van der Waals surface area contributed by atoms with Crippen LogP contribution in [0, 0.1) is 0 Å². The first-order valence-electron chi connectivity index (χ1n) is 7.06. The maximum Gasteiger partial charge on any atom is 0.146 e. The zero-order chi connectivity index (χ0) is 16.8. The molecule has 0 aliphatic heterocycles. The quantitative estimate of drug-likeness (QED) is 0.612. The Labute approximate surface area is 144 Å². The number of methoxy groups -OCH3 is 1. The molecule has 1 N–H and O–H groups in total. The van der Waals surface area contributed by atoms with Crippen LogP contribution in [-0.2, 0) is 0 Å². The SMILES string of the molecule is C=C(/C=C\C(C)=NC)CNc1ncnc2c(OC)cc(Br)cc12. The summed E-state index contributed by atoms with van der Waals surface area (Å²) in [5.41, 5.74) is 2.65. The van der Waals surface area contributed by atoms with Gasteiger partial charge in [0, 0.05) is 29.2 Å². The lowest BCUT2D eigenvalue weighted by atomic mass is 10.2. The van der Waals surface area contributed by atoms with Gasteiger partial charge >= 0.3 is 0 Å². The third kappa shape index (κ3) is 4.39. The van der Waals surface area contributed by atoms with Crippen LogP contribution in [0.3, 0.4) is 0 Å². The summed E-state index contributed by atoms with van der Waals surface area (Å²) >= 11 is 3.48. The molecule has 1 aromatic carbocycles. The Bertz CT molecular complexity index is 784. The van der Waals surface area contributed by atoms with Gasteiger partial charge in [-0.2, -0.15) is 0 Å². The Balaban J connectivity index is 2.22. The maximum absolute atomic E-state index is 5.38. The molecule has 0 saturated heterocycles. The highest BCUT2D eigenvalue weighted by molar-refractivity contribution is 9.10. The fourth-order valence-electron chi connectivity index (χ4n) is 1.97. The minimum atomic E-state index is 0.578. The van der Waals surface area contributed by atoms with Gasteiger partial charge in [0.15, 0.2) is 0 Å². The number of benzene rings is 1. The molecule has 0 radical (unpaired) electrons. The number of hydrogen-bond acceptors (Lipinski definition) is 5. The van der Waals surface area contributed by atoms with E-state index < -0.39 is 0 Å². The molecule has 0 amide bonds. The van der Waals surface area contributed by atoms with Crippen LogP contribution >= 0.6 is 15.9 Å². The van der Waals surface area contributed by atoms with E-state index in [4.69, 9.17) is 4.74 Å². The summed E-state index contributed by atoms with van der Waals surface area (Å²) in [6, 6.07) is 3.85. The Kier molecular flexibility index (Phi) is 5.87. The van der Waals surface area contributed by atoms with Crippen LogP contribution in [0.25, 0.3) is 10.9 Å². The Hall–Kier alpha value is -2.21.